The van der Waals surface area contributed by atoms with E-state index in [1.165, 1.54) is 33.0 Å². The molecule has 0 saturated heterocycles. The Bertz CT molecular complexity index is 2420. The molecular formula is C48H39N3. The number of pyridine rings is 1. The molecule has 1 aromatic heterocycles. The molecule has 0 amide bonds. The van der Waals surface area contributed by atoms with Gasteiger partial charge in [-0.05, 0) is 121 Å². The minimum Gasteiger partial charge on any atom is -0.310 e. The minimum absolute atomic E-state index is 0.856. The van der Waals surface area contributed by atoms with Gasteiger partial charge in [0.25, 0.3) is 0 Å². The average molecular weight is 658 g/mol. The van der Waals surface area contributed by atoms with Gasteiger partial charge in [-0.2, -0.15) is 0 Å². The van der Waals surface area contributed by atoms with Crippen LogP contribution in [-0.2, 0) is 0 Å². The van der Waals surface area contributed by atoms with Crippen LogP contribution in [0.2, 0.25) is 0 Å². The number of rotatable bonds is 8. The van der Waals surface area contributed by atoms with E-state index in [1.54, 1.807) is 0 Å². The van der Waals surface area contributed by atoms with Crippen molar-refractivity contribution < 1.29 is 0 Å². The second-order valence-corrected chi connectivity index (χ2v) is 13.2. The van der Waals surface area contributed by atoms with E-state index >= 15 is 0 Å². The SMILES string of the molecule is Cc1ccc(N(c2ccc(-c3ccccc3)cc2)c2cc(C)cc(N(c3ccc(C)cc3)c3ccccn3)c2-c2ccc3ccccc3c2)cc1. The smallest absolute Gasteiger partial charge is 0.137 e. The summed E-state index contributed by atoms with van der Waals surface area (Å²) in [7, 11) is 0. The fourth-order valence-corrected chi connectivity index (χ4v) is 6.87. The Balaban J connectivity index is 1.43. The fraction of sp³-hybridized carbons (Fsp3) is 0.0625. The third-order valence-electron chi connectivity index (χ3n) is 9.46. The van der Waals surface area contributed by atoms with Crippen LogP contribution in [0.15, 0.2) is 182 Å². The molecule has 0 unspecified atom stereocenters. The first-order valence-electron chi connectivity index (χ1n) is 17.5. The molecule has 8 rings (SSSR count). The maximum Gasteiger partial charge on any atom is 0.137 e. The number of nitrogens with zero attached hydrogens (tertiary/aromatic N) is 3. The van der Waals surface area contributed by atoms with Crippen molar-refractivity contribution >= 4 is 45.0 Å². The number of aryl methyl sites for hydroxylation is 3. The summed E-state index contributed by atoms with van der Waals surface area (Å²) >= 11 is 0. The summed E-state index contributed by atoms with van der Waals surface area (Å²) in [5, 5.41) is 2.41. The Hall–Kier alpha value is -6.45. The molecular weight excluding hydrogens is 619 g/mol. The van der Waals surface area contributed by atoms with Crippen LogP contribution in [0.1, 0.15) is 16.7 Å². The first-order valence-corrected chi connectivity index (χ1v) is 17.5. The van der Waals surface area contributed by atoms with Crippen molar-refractivity contribution in [2.24, 2.45) is 0 Å². The summed E-state index contributed by atoms with van der Waals surface area (Å²) in [6.45, 7) is 6.46. The van der Waals surface area contributed by atoms with Crippen LogP contribution in [0, 0.1) is 20.8 Å². The Morgan fingerprint density at radius 2 is 0.882 bits per heavy atom. The number of benzene rings is 7. The average Bonchev–Trinajstić information content (AvgIpc) is 3.17. The molecule has 7 aromatic carbocycles. The van der Waals surface area contributed by atoms with Gasteiger partial charge in [0.2, 0.25) is 0 Å². The Morgan fingerprint density at radius 1 is 0.373 bits per heavy atom. The standard InChI is InChI=1S/C48H39N3/c1-34-16-24-42(25-17-34)50(43-28-22-39(23-29-43)37-11-5-4-6-12-37)45-31-36(3)32-46(48(45)41-21-20-38-13-7-8-14-40(38)33-41)51(47-15-9-10-30-49-47)44-26-18-35(2)19-27-44/h4-33H,1-3H3. The zero-order chi connectivity index (χ0) is 34.7. The maximum atomic E-state index is 4.92. The molecule has 0 aliphatic rings. The summed E-state index contributed by atoms with van der Waals surface area (Å²) in [5.74, 6) is 0.856. The molecule has 3 nitrogen and oxygen atoms in total. The fourth-order valence-electron chi connectivity index (χ4n) is 6.87. The molecule has 246 valence electrons. The lowest BCUT2D eigenvalue weighted by atomic mass is 9.94. The first kappa shape index (κ1) is 31.8. The van der Waals surface area contributed by atoms with Crippen molar-refractivity contribution in [1.82, 2.24) is 4.98 Å². The molecule has 0 radical (unpaired) electrons. The van der Waals surface area contributed by atoms with E-state index in [1.807, 2.05) is 12.3 Å². The van der Waals surface area contributed by atoms with Gasteiger partial charge in [-0.1, -0.05) is 120 Å². The predicted molar refractivity (Wildman–Crippen MR) is 216 cm³/mol. The highest BCUT2D eigenvalue weighted by atomic mass is 15.2. The highest BCUT2D eigenvalue weighted by Gasteiger charge is 2.26. The van der Waals surface area contributed by atoms with Gasteiger partial charge in [0.15, 0.2) is 0 Å². The van der Waals surface area contributed by atoms with Gasteiger partial charge in [0.1, 0.15) is 5.82 Å². The van der Waals surface area contributed by atoms with Crippen molar-refractivity contribution in [2.75, 3.05) is 9.80 Å². The first-order chi connectivity index (χ1) is 25.0. The zero-order valence-electron chi connectivity index (χ0n) is 29.2. The monoisotopic (exact) mass is 657 g/mol. The Kier molecular flexibility index (Phi) is 8.61. The van der Waals surface area contributed by atoms with Gasteiger partial charge >= 0.3 is 0 Å². The van der Waals surface area contributed by atoms with E-state index in [-0.39, 0.29) is 0 Å². The minimum atomic E-state index is 0.856. The summed E-state index contributed by atoms with van der Waals surface area (Å²) in [6.07, 6.45) is 1.87. The lowest BCUT2D eigenvalue weighted by Gasteiger charge is -2.33. The summed E-state index contributed by atoms with van der Waals surface area (Å²) in [4.78, 5) is 9.62. The molecule has 51 heavy (non-hydrogen) atoms. The molecule has 0 bridgehead atoms. The number of fused-ring (bicyclic) bond motifs is 1. The van der Waals surface area contributed by atoms with E-state index < -0.39 is 0 Å². The molecule has 8 aromatic rings. The highest BCUT2D eigenvalue weighted by Crippen LogP contribution is 2.49. The van der Waals surface area contributed by atoms with Crippen LogP contribution in [0.4, 0.5) is 34.3 Å². The van der Waals surface area contributed by atoms with Crippen LogP contribution in [0.5, 0.6) is 0 Å². The van der Waals surface area contributed by atoms with Gasteiger partial charge < -0.3 is 4.90 Å². The van der Waals surface area contributed by atoms with Gasteiger partial charge in [-0.15, -0.1) is 0 Å². The number of anilines is 6. The molecule has 0 aliphatic heterocycles. The molecule has 3 heteroatoms. The van der Waals surface area contributed by atoms with Crippen LogP contribution >= 0.6 is 0 Å². The summed E-state index contributed by atoms with van der Waals surface area (Å²) in [5.41, 5.74) is 13.6. The second kappa shape index (κ2) is 13.8. The summed E-state index contributed by atoms with van der Waals surface area (Å²) in [6, 6.07) is 63.2. The largest absolute Gasteiger partial charge is 0.310 e. The molecule has 1 heterocycles. The van der Waals surface area contributed by atoms with Gasteiger partial charge in [-0.25, -0.2) is 4.98 Å². The maximum absolute atomic E-state index is 4.92. The van der Waals surface area contributed by atoms with E-state index in [2.05, 4.69) is 200 Å². The zero-order valence-corrected chi connectivity index (χ0v) is 29.2. The third-order valence-corrected chi connectivity index (χ3v) is 9.46. The molecule has 0 aliphatic carbocycles. The lowest BCUT2D eigenvalue weighted by Crippen LogP contribution is -2.16. The van der Waals surface area contributed by atoms with Gasteiger partial charge in [-0.3, -0.25) is 4.90 Å². The molecule has 0 spiro atoms. The van der Waals surface area contributed by atoms with E-state index in [9.17, 15) is 0 Å². The van der Waals surface area contributed by atoms with E-state index in [0.29, 0.717) is 0 Å². The Labute approximate surface area is 300 Å². The normalized spacial score (nSPS) is 11.0. The number of aromatic nitrogens is 1. The second-order valence-electron chi connectivity index (χ2n) is 13.2. The van der Waals surface area contributed by atoms with Crippen molar-refractivity contribution in [1.29, 1.82) is 0 Å². The highest BCUT2D eigenvalue weighted by molar-refractivity contribution is 6.01. The Morgan fingerprint density at radius 3 is 1.51 bits per heavy atom. The summed E-state index contributed by atoms with van der Waals surface area (Å²) < 4.78 is 0. The number of hydrogen-bond donors (Lipinski definition) is 0. The topological polar surface area (TPSA) is 19.4 Å². The molecule has 0 fully saturated rings. The molecule has 0 atom stereocenters. The van der Waals surface area contributed by atoms with Gasteiger partial charge in [0.05, 0.1) is 11.4 Å². The predicted octanol–water partition coefficient (Wildman–Crippen LogP) is 13.4. The van der Waals surface area contributed by atoms with Crippen LogP contribution in [0.25, 0.3) is 33.0 Å². The van der Waals surface area contributed by atoms with Crippen molar-refractivity contribution in [3.63, 3.8) is 0 Å². The molecule has 0 saturated carbocycles. The molecule has 0 N–H and O–H groups in total. The van der Waals surface area contributed by atoms with E-state index in [0.717, 1.165) is 50.9 Å². The van der Waals surface area contributed by atoms with Gasteiger partial charge in [0, 0.05) is 28.8 Å². The quantitative estimate of drug-likeness (QED) is 0.162. The third kappa shape index (κ3) is 6.50. The van der Waals surface area contributed by atoms with Crippen LogP contribution in [-0.4, -0.2) is 4.98 Å². The van der Waals surface area contributed by atoms with Crippen molar-refractivity contribution in [3.05, 3.63) is 199 Å². The number of hydrogen-bond acceptors (Lipinski definition) is 3. The van der Waals surface area contributed by atoms with Crippen LogP contribution < -0.4 is 9.80 Å². The lowest BCUT2D eigenvalue weighted by molar-refractivity contribution is 1.17. The van der Waals surface area contributed by atoms with Crippen molar-refractivity contribution in [2.45, 2.75) is 20.8 Å². The van der Waals surface area contributed by atoms with E-state index in [4.69, 9.17) is 4.98 Å². The van der Waals surface area contributed by atoms with Crippen molar-refractivity contribution in [3.8, 4) is 22.3 Å². The van der Waals surface area contributed by atoms with Crippen LogP contribution in [0.3, 0.4) is 0 Å².